The Morgan fingerprint density at radius 1 is 1.22 bits per heavy atom. The van der Waals surface area contributed by atoms with Gasteiger partial charge in [-0.3, -0.25) is 4.79 Å². The predicted molar refractivity (Wildman–Crippen MR) is 67.7 cm³/mol. The second-order valence-electron chi connectivity index (χ2n) is 4.56. The normalized spacial score (nSPS) is 12.2. The van der Waals surface area contributed by atoms with Gasteiger partial charge in [0.1, 0.15) is 5.75 Å². The van der Waals surface area contributed by atoms with E-state index < -0.39 is 5.97 Å². The van der Waals surface area contributed by atoms with Crippen molar-refractivity contribution in [2.75, 3.05) is 5.32 Å². The van der Waals surface area contributed by atoms with Crippen LogP contribution in [0.5, 0.6) is 5.75 Å². The van der Waals surface area contributed by atoms with Crippen LogP contribution >= 0.6 is 0 Å². The first-order valence-corrected chi connectivity index (χ1v) is 5.70. The summed E-state index contributed by atoms with van der Waals surface area (Å²) in [6, 6.07) is 3.76. The highest BCUT2D eigenvalue weighted by molar-refractivity contribution is 5.96. The summed E-state index contributed by atoms with van der Waals surface area (Å²) in [5.41, 5.74) is 0.132. The van der Waals surface area contributed by atoms with E-state index in [2.05, 4.69) is 5.32 Å². The third-order valence-corrected chi connectivity index (χ3v) is 2.91. The number of benzene rings is 1. The van der Waals surface area contributed by atoms with Gasteiger partial charge in [-0.2, -0.15) is 0 Å². The first-order chi connectivity index (χ1) is 8.32. The lowest BCUT2D eigenvalue weighted by molar-refractivity contribution is -0.120. The largest absolute Gasteiger partial charge is 0.506 e. The van der Waals surface area contributed by atoms with Gasteiger partial charge in [0.25, 0.3) is 0 Å². The van der Waals surface area contributed by atoms with Gasteiger partial charge in [0.15, 0.2) is 0 Å². The second kappa shape index (κ2) is 5.53. The Morgan fingerprint density at radius 2 is 1.83 bits per heavy atom. The number of nitrogens with one attached hydrogen (secondary N) is 1. The van der Waals surface area contributed by atoms with Gasteiger partial charge in [0.2, 0.25) is 5.91 Å². The van der Waals surface area contributed by atoms with Crippen molar-refractivity contribution in [1.82, 2.24) is 0 Å². The zero-order valence-electron chi connectivity index (χ0n) is 10.6. The number of rotatable bonds is 4. The van der Waals surface area contributed by atoms with Crippen LogP contribution in [-0.2, 0) is 4.79 Å². The molecule has 5 nitrogen and oxygen atoms in total. The Bertz CT molecular complexity index is 468. The van der Waals surface area contributed by atoms with Crippen molar-refractivity contribution in [2.24, 2.45) is 11.8 Å². The Hall–Kier alpha value is -2.04. The number of hydrogen-bond donors (Lipinski definition) is 3. The molecule has 0 saturated heterocycles. The van der Waals surface area contributed by atoms with E-state index in [1.54, 1.807) is 6.92 Å². The number of amides is 1. The minimum absolute atomic E-state index is 0.0142. The van der Waals surface area contributed by atoms with Gasteiger partial charge in [-0.25, -0.2) is 4.79 Å². The fraction of sp³-hybridized carbons (Fsp3) is 0.385. The highest BCUT2D eigenvalue weighted by atomic mass is 16.4. The first kappa shape index (κ1) is 14.0. The van der Waals surface area contributed by atoms with Gasteiger partial charge in [-0.05, 0) is 24.1 Å². The lowest BCUT2D eigenvalue weighted by Crippen LogP contribution is -2.24. The van der Waals surface area contributed by atoms with E-state index in [1.165, 1.54) is 18.2 Å². The zero-order chi connectivity index (χ0) is 13.9. The van der Waals surface area contributed by atoms with E-state index in [0.29, 0.717) is 0 Å². The van der Waals surface area contributed by atoms with Crippen molar-refractivity contribution in [3.05, 3.63) is 23.8 Å². The minimum Gasteiger partial charge on any atom is -0.506 e. The summed E-state index contributed by atoms with van der Waals surface area (Å²) in [5.74, 6) is -1.57. The van der Waals surface area contributed by atoms with Gasteiger partial charge in [0.05, 0.1) is 11.3 Å². The standard InChI is InChI=1S/C13H17NO4/c1-7(2)8(3)12(16)14-10-6-9(13(17)18)4-5-11(10)15/h4-8,15H,1-3H3,(H,14,16)(H,17,18). The molecule has 0 aliphatic rings. The van der Waals surface area contributed by atoms with Crippen LogP contribution in [-0.4, -0.2) is 22.1 Å². The minimum atomic E-state index is -1.11. The average Bonchev–Trinajstić information content (AvgIpc) is 2.30. The molecule has 0 radical (unpaired) electrons. The molecule has 1 rings (SSSR count). The summed E-state index contributed by atoms with van der Waals surface area (Å²) < 4.78 is 0. The number of carboxylic acid groups (broad SMARTS) is 1. The Balaban J connectivity index is 2.93. The summed E-state index contributed by atoms with van der Waals surface area (Å²) in [5, 5.41) is 21.0. The molecule has 1 atom stereocenters. The molecule has 1 aromatic rings. The predicted octanol–water partition coefficient (Wildman–Crippen LogP) is 2.32. The molecule has 0 spiro atoms. The Kier molecular flexibility index (Phi) is 4.31. The summed E-state index contributed by atoms with van der Waals surface area (Å²) in [4.78, 5) is 22.6. The van der Waals surface area contributed by atoms with Crippen molar-refractivity contribution in [3.8, 4) is 5.75 Å². The van der Waals surface area contributed by atoms with Crippen molar-refractivity contribution < 1.29 is 19.8 Å². The molecule has 0 aromatic heterocycles. The lowest BCUT2D eigenvalue weighted by atomic mass is 9.97. The van der Waals surface area contributed by atoms with E-state index >= 15 is 0 Å². The van der Waals surface area contributed by atoms with Crippen molar-refractivity contribution >= 4 is 17.6 Å². The van der Waals surface area contributed by atoms with Gasteiger partial charge >= 0.3 is 5.97 Å². The molecule has 18 heavy (non-hydrogen) atoms. The molecular weight excluding hydrogens is 234 g/mol. The first-order valence-electron chi connectivity index (χ1n) is 5.70. The molecule has 98 valence electrons. The molecule has 1 aromatic carbocycles. The van der Waals surface area contributed by atoms with Gasteiger partial charge in [-0.1, -0.05) is 20.8 Å². The maximum atomic E-state index is 11.8. The number of carbonyl (C=O) groups excluding carboxylic acids is 1. The van der Waals surface area contributed by atoms with Crippen LogP contribution in [0.3, 0.4) is 0 Å². The third-order valence-electron chi connectivity index (χ3n) is 2.91. The molecule has 0 fully saturated rings. The fourth-order valence-electron chi connectivity index (χ4n) is 1.32. The van der Waals surface area contributed by atoms with Gasteiger partial charge < -0.3 is 15.5 Å². The molecule has 0 bridgehead atoms. The summed E-state index contributed by atoms with van der Waals surface area (Å²) in [6.45, 7) is 5.60. The molecule has 1 unspecified atom stereocenters. The van der Waals surface area contributed by atoms with Crippen LogP contribution in [0, 0.1) is 11.8 Å². The van der Waals surface area contributed by atoms with Crippen LogP contribution in [0.4, 0.5) is 5.69 Å². The average molecular weight is 251 g/mol. The molecule has 5 heteroatoms. The quantitative estimate of drug-likeness (QED) is 0.717. The number of aromatic hydroxyl groups is 1. The molecular formula is C13H17NO4. The van der Waals surface area contributed by atoms with Crippen LogP contribution in [0.2, 0.25) is 0 Å². The zero-order valence-corrected chi connectivity index (χ0v) is 10.6. The van der Waals surface area contributed by atoms with Gasteiger partial charge in [-0.15, -0.1) is 0 Å². The van der Waals surface area contributed by atoms with E-state index in [4.69, 9.17) is 5.11 Å². The lowest BCUT2D eigenvalue weighted by Gasteiger charge is -2.16. The van der Waals surface area contributed by atoms with E-state index in [0.717, 1.165) is 0 Å². The maximum Gasteiger partial charge on any atom is 0.335 e. The molecule has 0 aliphatic heterocycles. The third kappa shape index (κ3) is 3.23. The Labute approximate surface area is 105 Å². The number of phenols is 1. The molecule has 0 saturated carbocycles. The van der Waals surface area contributed by atoms with Crippen LogP contribution in [0.1, 0.15) is 31.1 Å². The maximum absolute atomic E-state index is 11.8. The molecule has 3 N–H and O–H groups in total. The van der Waals surface area contributed by atoms with Crippen molar-refractivity contribution in [3.63, 3.8) is 0 Å². The number of carbonyl (C=O) groups is 2. The van der Waals surface area contributed by atoms with E-state index in [-0.39, 0.29) is 34.7 Å². The second-order valence-corrected chi connectivity index (χ2v) is 4.56. The molecule has 0 heterocycles. The molecule has 0 aliphatic carbocycles. The number of anilines is 1. The fourth-order valence-corrected chi connectivity index (χ4v) is 1.32. The van der Waals surface area contributed by atoms with Crippen LogP contribution < -0.4 is 5.32 Å². The molecule has 1 amide bonds. The summed E-state index contributed by atoms with van der Waals surface area (Å²) in [7, 11) is 0. The topological polar surface area (TPSA) is 86.6 Å². The number of carboxylic acids is 1. The van der Waals surface area contributed by atoms with Crippen LogP contribution in [0.25, 0.3) is 0 Å². The Morgan fingerprint density at radius 3 is 2.33 bits per heavy atom. The monoisotopic (exact) mass is 251 g/mol. The number of aromatic carboxylic acids is 1. The highest BCUT2D eigenvalue weighted by Gasteiger charge is 2.18. The number of hydrogen-bond acceptors (Lipinski definition) is 3. The summed E-state index contributed by atoms with van der Waals surface area (Å²) in [6.07, 6.45) is 0. The smallest absolute Gasteiger partial charge is 0.335 e. The van der Waals surface area contributed by atoms with Crippen molar-refractivity contribution in [1.29, 1.82) is 0 Å². The number of phenolic OH excluding ortho intramolecular Hbond substituents is 1. The highest BCUT2D eigenvalue weighted by Crippen LogP contribution is 2.25. The SMILES string of the molecule is CC(C)C(C)C(=O)Nc1cc(C(=O)O)ccc1O. The van der Waals surface area contributed by atoms with E-state index in [1.807, 2.05) is 13.8 Å². The van der Waals surface area contributed by atoms with Gasteiger partial charge in [0, 0.05) is 5.92 Å². The van der Waals surface area contributed by atoms with Crippen molar-refractivity contribution in [2.45, 2.75) is 20.8 Å². The van der Waals surface area contributed by atoms with E-state index in [9.17, 15) is 14.7 Å². The summed E-state index contributed by atoms with van der Waals surface area (Å²) >= 11 is 0. The van der Waals surface area contributed by atoms with Crippen LogP contribution in [0.15, 0.2) is 18.2 Å².